The third kappa shape index (κ3) is 4.49. The molecular weight excluding hydrogens is 380 g/mol. The van der Waals surface area contributed by atoms with Gasteiger partial charge in [-0.15, -0.1) is 0 Å². The summed E-state index contributed by atoms with van der Waals surface area (Å²) in [4.78, 5) is 11.6. The summed E-state index contributed by atoms with van der Waals surface area (Å²) in [5.41, 5.74) is 2.82. The number of ether oxygens (including phenoxy) is 2. The summed E-state index contributed by atoms with van der Waals surface area (Å²) in [5.74, 6) is 0.916. The van der Waals surface area contributed by atoms with Crippen molar-refractivity contribution in [3.63, 3.8) is 0 Å². The molecule has 122 valence electrons. The second-order valence-corrected chi connectivity index (χ2v) is 6.46. The fourth-order valence-corrected chi connectivity index (χ4v) is 2.77. The van der Waals surface area contributed by atoms with E-state index in [9.17, 15) is 4.79 Å². The molecule has 0 N–H and O–H groups in total. The van der Waals surface area contributed by atoms with Gasteiger partial charge in [-0.05, 0) is 53.0 Å². The topological polar surface area (TPSA) is 35.5 Å². The van der Waals surface area contributed by atoms with Gasteiger partial charge in [-0.2, -0.15) is 0 Å². The van der Waals surface area contributed by atoms with Gasteiger partial charge in [0.2, 0.25) is 0 Å². The van der Waals surface area contributed by atoms with Crippen LogP contribution in [0.2, 0.25) is 5.02 Å². The monoisotopic (exact) mass is 396 g/mol. The van der Waals surface area contributed by atoms with E-state index >= 15 is 0 Å². The summed E-state index contributed by atoms with van der Waals surface area (Å²) in [6.07, 6.45) is 0.327. The Kier molecular flexibility index (Phi) is 6.08. The first-order valence-electron chi connectivity index (χ1n) is 7.30. The van der Waals surface area contributed by atoms with Gasteiger partial charge in [0.15, 0.2) is 0 Å². The summed E-state index contributed by atoms with van der Waals surface area (Å²) in [6.45, 7) is 5.94. The summed E-state index contributed by atoms with van der Waals surface area (Å²) in [7, 11) is 0. The average molecular weight is 398 g/mol. The summed E-state index contributed by atoms with van der Waals surface area (Å²) in [6, 6.07) is 9.27. The number of rotatable bonds is 5. The number of hydrogen-bond acceptors (Lipinski definition) is 3. The Hall–Kier alpha value is -1.52. The first-order valence-corrected chi connectivity index (χ1v) is 8.47. The van der Waals surface area contributed by atoms with E-state index in [2.05, 4.69) is 15.9 Å². The molecule has 0 atom stereocenters. The third-order valence-electron chi connectivity index (χ3n) is 3.46. The summed E-state index contributed by atoms with van der Waals surface area (Å²) >= 11 is 9.62. The lowest BCUT2D eigenvalue weighted by atomic mass is 10.1. The highest BCUT2D eigenvalue weighted by Crippen LogP contribution is 2.33. The molecule has 0 radical (unpaired) electrons. The second-order valence-electron chi connectivity index (χ2n) is 5.20. The fraction of sp³-hybridized carbons (Fsp3) is 0.278. The van der Waals surface area contributed by atoms with Gasteiger partial charge in [0.05, 0.1) is 4.47 Å². The lowest BCUT2D eigenvalue weighted by molar-refractivity contribution is -0.134. The molecular formula is C18H18BrClO3. The van der Waals surface area contributed by atoms with Crippen molar-refractivity contribution < 1.29 is 14.3 Å². The second kappa shape index (κ2) is 7.84. The van der Waals surface area contributed by atoms with Crippen LogP contribution in [-0.2, 0) is 11.4 Å². The van der Waals surface area contributed by atoms with E-state index in [1.165, 1.54) is 0 Å². The van der Waals surface area contributed by atoms with Gasteiger partial charge in [-0.3, -0.25) is 4.79 Å². The Balaban J connectivity index is 2.23. The molecule has 23 heavy (non-hydrogen) atoms. The van der Waals surface area contributed by atoms with Gasteiger partial charge in [0, 0.05) is 23.1 Å². The molecule has 0 spiro atoms. The van der Waals surface area contributed by atoms with Gasteiger partial charge in [0.1, 0.15) is 18.1 Å². The average Bonchev–Trinajstić information content (AvgIpc) is 2.51. The largest absolute Gasteiger partial charge is 0.488 e. The molecule has 0 saturated heterocycles. The smallest absolute Gasteiger partial charge is 0.310 e. The van der Waals surface area contributed by atoms with Crippen molar-refractivity contribution in [1.82, 2.24) is 0 Å². The van der Waals surface area contributed by atoms with E-state index < -0.39 is 0 Å². The highest BCUT2D eigenvalue weighted by atomic mass is 79.9. The van der Waals surface area contributed by atoms with Gasteiger partial charge in [0.25, 0.3) is 0 Å². The molecule has 0 aliphatic rings. The van der Waals surface area contributed by atoms with Gasteiger partial charge in [-0.1, -0.05) is 30.7 Å². The molecule has 2 aromatic carbocycles. The van der Waals surface area contributed by atoms with Crippen LogP contribution in [0.3, 0.4) is 0 Å². The van der Waals surface area contributed by atoms with Crippen molar-refractivity contribution in [2.24, 2.45) is 0 Å². The maximum Gasteiger partial charge on any atom is 0.310 e. The van der Waals surface area contributed by atoms with Crippen LogP contribution in [0.5, 0.6) is 11.5 Å². The van der Waals surface area contributed by atoms with Crippen LogP contribution in [0.15, 0.2) is 34.8 Å². The predicted molar refractivity (Wildman–Crippen MR) is 95.3 cm³/mol. The van der Waals surface area contributed by atoms with Crippen molar-refractivity contribution in [3.8, 4) is 11.5 Å². The Morgan fingerprint density at radius 3 is 2.61 bits per heavy atom. The maximum absolute atomic E-state index is 11.6. The van der Waals surface area contributed by atoms with Crippen LogP contribution in [-0.4, -0.2) is 5.97 Å². The third-order valence-corrected chi connectivity index (χ3v) is 4.49. The molecule has 3 nitrogen and oxygen atoms in total. The Morgan fingerprint density at radius 2 is 1.91 bits per heavy atom. The summed E-state index contributed by atoms with van der Waals surface area (Å²) in [5, 5.41) is 0.644. The van der Waals surface area contributed by atoms with E-state index in [1.807, 2.05) is 32.0 Å². The lowest BCUT2D eigenvalue weighted by Crippen LogP contribution is -2.09. The molecule has 0 saturated carbocycles. The first-order chi connectivity index (χ1) is 10.9. The van der Waals surface area contributed by atoms with Crippen LogP contribution in [0, 0.1) is 13.8 Å². The zero-order valence-corrected chi connectivity index (χ0v) is 15.6. The molecule has 0 unspecified atom stereocenters. The number of aryl methyl sites for hydroxylation is 2. The number of carbonyl (C=O) groups excluding carboxylic acids is 1. The van der Waals surface area contributed by atoms with Crippen LogP contribution < -0.4 is 9.47 Å². The van der Waals surface area contributed by atoms with Crippen molar-refractivity contribution in [3.05, 3.63) is 56.5 Å². The molecule has 5 heteroatoms. The van der Waals surface area contributed by atoms with E-state index in [-0.39, 0.29) is 12.6 Å². The number of halogens is 2. The minimum absolute atomic E-state index is 0.267. The molecule has 0 fully saturated rings. The molecule has 0 aromatic heterocycles. The Morgan fingerprint density at radius 1 is 1.17 bits per heavy atom. The zero-order valence-electron chi connectivity index (χ0n) is 13.3. The number of esters is 1. The SMILES string of the molecule is CCC(=O)Oc1cccc(C)c1COc1cc(Cl)c(C)cc1Br. The quantitative estimate of drug-likeness (QED) is 0.485. The zero-order chi connectivity index (χ0) is 17.0. The molecule has 0 aliphatic carbocycles. The minimum atomic E-state index is -0.267. The van der Waals surface area contributed by atoms with Crippen molar-refractivity contribution in [2.45, 2.75) is 33.8 Å². The molecule has 0 amide bonds. The van der Waals surface area contributed by atoms with Crippen molar-refractivity contribution >= 4 is 33.5 Å². The number of carbonyl (C=O) groups is 1. The van der Waals surface area contributed by atoms with Crippen LogP contribution in [0.25, 0.3) is 0 Å². The molecule has 2 rings (SSSR count). The van der Waals surface area contributed by atoms with E-state index in [1.54, 1.807) is 19.1 Å². The predicted octanol–water partition coefficient (Wildman–Crippen LogP) is 5.61. The lowest BCUT2D eigenvalue weighted by Gasteiger charge is -2.15. The van der Waals surface area contributed by atoms with Crippen LogP contribution in [0.1, 0.15) is 30.0 Å². The van der Waals surface area contributed by atoms with Crippen molar-refractivity contribution in [2.75, 3.05) is 0 Å². The highest BCUT2D eigenvalue weighted by molar-refractivity contribution is 9.10. The number of benzene rings is 2. The van der Waals surface area contributed by atoms with Gasteiger partial charge >= 0.3 is 5.97 Å². The standard InChI is InChI=1S/C18H18BrClO3/c1-4-18(21)23-16-7-5-6-11(2)13(16)10-22-17-9-15(20)12(3)8-14(17)19/h5-9H,4,10H2,1-3H3. The molecule has 0 bridgehead atoms. The fourth-order valence-electron chi connectivity index (χ4n) is 2.04. The van der Waals surface area contributed by atoms with Gasteiger partial charge in [-0.25, -0.2) is 0 Å². The maximum atomic E-state index is 11.6. The van der Waals surface area contributed by atoms with E-state index in [0.717, 1.165) is 21.2 Å². The molecule has 0 aliphatic heterocycles. The van der Waals surface area contributed by atoms with Crippen LogP contribution in [0.4, 0.5) is 0 Å². The highest BCUT2D eigenvalue weighted by Gasteiger charge is 2.12. The minimum Gasteiger partial charge on any atom is -0.488 e. The van der Waals surface area contributed by atoms with Gasteiger partial charge < -0.3 is 9.47 Å². The Labute approximate surface area is 149 Å². The van der Waals surface area contributed by atoms with E-state index in [0.29, 0.717) is 22.9 Å². The van der Waals surface area contributed by atoms with Crippen molar-refractivity contribution in [1.29, 1.82) is 0 Å². The number of hydrogen-bond donors (Lipinski definition) is 0. The van der Waals surface area contributed by atoms with E-state index in [4.69, 9.17) is 21.1 Å². The normalized spacial score (nSPS) is 10.5. The Bertz CT molecular complexity index is 728. The molecule has 2 aromatic rings. The molecule has 0 heterocycles. The first kappa shape index (κ1) is 17.8. The summed E-state index contributed by atoms with van der Waals surface area (Å²) < 4.78 is 12.1. The van der Waals surface area contributed by atoms with Crippen LogP contribution >= 0.6 is 27.5 Å².